The summed E-state index contributed by atoms with van der Waals surface area (Å²) in [7, 11) is 0. The number of carboxylic acids is 1. The first-order valence-corrected chi connectivity index (χ1v) is 8.67. The van der Waals surface area contributed by atoms with Crippen molar-refractivity contribution in [2.24, 2.45) is 0 Å². The zero-order valence-corrected chi connectivity index (χ0v) is 14.0. The number of H-pyrrole nitrogens is 1. The van der Waals surface area contributed by atoms with Gasteiger partial charge in [0.25, 0.3) is 0 Å². The molecule has 2 aromatic rings. The van der Waals surface area contributed by atoms with Gasteiger partial charge in [0.1, 0.15) is 11.7 Å². The third-order valence-corrected chi connectivity index (χ3v) is 4.54. The lowest BCUT2D eigenvalue weighted by Crippen LogP contribution is -2.14. The summed E-state index contributed by atoms with van der Waals surface area (Å²) in [6.45, 7) is 2.87. The zero-order valence-electron chi connectivity index (χ0n) is 14.0. The summed E-state index contributed by atoms with van der Waals surface area (Å²) in [6.07, 6.45) is 5.53. The van der Waals surface area contributed by atoms with Gasteiger partial charge in [-0.05, 0) is 56.2 Å². The summed E-state index contributed by atoms with van der Waals surface area (Å²) in [4.78, 5) is 15.9. The Morgan fingerprint density at radius 3 is 3.04 bits per heavy atom. The van der Waals surface area contributed by atoms with Crippen molar-refractivity contribution < 1.29 is 9.90 Å². The largest absolute Gasteiger partial charge is 0.481 e. The first-order chi connectivity index (χ1) is 11.7. The molecule has 0 saturated carbocycles. The minimum Gasteiger partial charge on any atom is -0.481 e. The summed E-state index contributed by atoms with van der Waals surface area (Å²) in [5.74, 6) is -0.306. The summed E-state index contributed by atoms with van der Waals surface area (Å²) in [5, 5.41) is 19.7. The number of carboxylic acid groups (broad SMARTS) is 1. The van der Waals surface area contributed by atoms with Crippen LogP contribution in [0.5, 0.6) is 0 Å². The van der Waals surface area contributed by atoms with E-state index in [0.717, 1.165) is 49.4 Å². The van der Waals surface area contributed by atoms with Crippen LogP contribution in [-0.2, 0) is 24.1 Å². The van der Waals surface area contributed by atoms with Gasteiger partial charge in [0.2, 0.25) is 0 Å². The minimum atomic E-state index is -0.818. The second kappa shape index (κ2) is 7.47. The average molecular weight is 328 g/mol. The number of aliphatic carboxylic acids is 1. The molecule has 24 heavy (non-hydrogen) atoms. The van der Waals surface area contributed by atoms with Crippen LogP contribution >= 0.6 is 0 Å². The number of rotatable bonds is 7. The molecule has 0 amide bonds. The van der Waals surface area contributed by atoms with Gasteiger partial charge >= 0.3 is 5.97 Å². The van der Waals surface area contributed by atoms with Gasteiger partial charge < -0.3 is 10.4 Å². The predicted octanol–water partition coefficient (Wildman–Crippen LogP) is 2.92. The third-order valence-electron chi connectivity index (χ3n) is 4.54. The molecular formula is C18H24N4O2. The SMILES string of the molecule is CCC(C(=O)O)c1cc(CCCc2ccc3c(n2)NCCC3)[nH]n1. The van der Waals surface area contributed by atoms with Crippen LogP contribution in [0.15, 0.2) is 18.2 Å². The summed E-state index contributed by atoms with van der Waals surface area (Å²) in [6, 6.07) is 6.17. The molecule has 3 N–H and O–H groups in total. The van der Waals surface area contributed by atoms with Crippen molar-refractivity contribution >= 4 is 11.8 Å². The summed E-state index contributed by atoms with van der Waals surface area (Å²) in [5.41, 5.74) is 4.01. The van der Waals surface area contributed by atoms with Crippen LogP contribution in [0.1, 0.15) is 54.7 Å². The number of aromatic nitrogens is 3. The maximum absolute atomic E-state index is 11.2. The minimum absolute atomic E-state index is 0.525. The van der Waals surface area contributed by atoms with Crippen molar-refractivity contribution in [2.75, 3.05) is 11.9 Å². The smallest absolute Gasteiger partial charge is 0.312 e. The van der Waals surface area contributed by atoms with Crippen LogP contribution in [0, 0.1) is 0 Å². The van der Waals surface area contributed by atoms with Crippen molar-refractivity contribution in [3.63, 3.8) is 0 Å². The van der Waals surface area contributed by atoms with E-state index in [1.807, 2.05) is 13.0 Å². The lowest BCUT2D eigenvalue weighted by molar-refractivity contribution is -0.138. The Morgan fingerprint density at radius 2 is 2.25 bits per heavy atom. The first kappa shape index (κ1) is 16.5. The van der Waals surface area contributed by atoms with Crippen molar-refractivity contribution in [1.29, 1.82) is 0 Å². The van der Waals surface area contributed by atoms with E-state index in [2.05, 4.69) is 27.6 Å². The molecule has 0 fully saturated rings. The molecule has 128 valence electrons. The van der Waals surface area contributed by atoms with Gasteiger partial charge in [-0.2, -0.15) is 5.10 Å². The molecule has 3 heterocycles. The van der Waals surface area contributed by atoms with Crippen LogP contribution in [0.25, 0.3) is 0 Å². The number of fused-ring (bicyclic) bond motifs is 1. The maximum atomic E-state index is 11.2. The van der Waals surface area contributed by atoms with Gasteiger partial charge in [-0.3, -0.25) is 9.89 Å². The third kappa shape index (κ3) is 3.75. The summed E-state index contributed by atoms with van der Waals surface area (Å²) < 4.78 is 0. The standard InChI is InChI=1S/C18H24N4O2/c1-2-15(18(23)24)16-11-14(21-22-16)7-3-6-13-9-8-12-5-4-10-19-17(12)20-13/h8-9,11,15H,2-7,10H2,1H3,(H,19,20)(H,21,22)(H,23,24). The molecule has 1 aliphatic rings. The van der Waals surface area contributed by atoms with Gasteiger partial charge in [0.05, 0.1) is 5.69 Å². The Hall–Kier alpha value is -2.37. The fourth-order valence-corrected chi connectivity index (χ4v) is 3.16. The van der Waals surface area contributed by atoms with Gasteiger partial charge in [-0.1, -0.05) is 13.0 Å². The normalized spacial score (nSPS) is 14.7. The monoisotopic (exact) mass is 328 g/mol. The number of nitrogens with zero attached hydrogens (tertiary/aromatic N) is 2. The highest BCUT2D eigenvalue weighted by Gasteiger charge is 2.20. The van der Waals surface area contributed by atoms with Crippen molar-refractivity contribution in [2.45, 2.75) is 51.4 Å². The van der Waals surface area contributed by atoms with E-state index < -0.39 is 11.9 Å². The lowest BCUT2D eigenvalue weighted by atomic mass is 10.0. The molecule has 6 heteroatoms. The fourth-order valence-electron chi connectivity index (χ4n) is 3.16. The van der Waals surface area contributed by atoms with Crippen LogP contribution in [0.3, 0.4) is 0 Å². The molecule has 2 aromatic heterocycles. The zero-order chi connectivity index (χ0) is 16.9. The molecule has 0 aromatic carbocycles. The van der Waals surface area contributed by atoms with Gasteiger partial charge in [-0.25, -0.2) is 4.98 Å². The van der Waals surface area contributed by atoms with E-state index in [-0.39, 0.29) is 0 Å². The molecule has 6 nitrogen and oxygen atoms in total. The molecule has 1 unspecified atom stereocenters. The molecule has 0 aliphatic carbocycles. The quantitative estimate of drug-likeness (QED) is 0.727. The Kier molecular flexibility index (Phi) is 5.13. The summed E-state index contributed by atoms with van der Waals surface area (Å²) >= 11 is 0. The number of aromatic amines is 1. The van der Waals surface area contributed by atoms with Gasteiger partial charge in [0, 0.05) is 17.9 Å². The van der Waals surface area contributed by atoms with Crippen molar-refractivity contribution in [3.05, 3.63) is 40.8 Å². The second-order valence-corrected chi connectivity index (χ2v) is 6.31. The second-order valence-electron chi connectivity index (χ2n) is 6.31. The lowest BCUT2D eigenvalue weighted by Gasteiger charge is -2.17. The van der Waals surface area contributed by atoms with Crippen molar-refractivity contribution in [1.82, 2.24) is 15.2 Å². The molecule has 3 rings (SSSR count). The highest BCUT2D eigenvalue weighted by atomic mass is 16.4. The molecule has 1 atom stereocenters. The Balaban J connectivity index is 1.55. The Labute approximate surface area is 141 Å². The molecule has 0 spiro atoms. The van der Waals surface area contributed by atoms with E-state index in [0.29, 0.717) is 12.1 Å². The molecule has 0 bridgehead atoms. The average Bonchev–Trinajstić information content (AvgIpc) is 3.03. The molecule has 0 saturated heterocycles. The van der Waals surface area contributed by atoms with E-state index >= 15 is 0 Å². The number of nitrogens with one attached hydrogen (secondary N) is 2. The highest BCUT2D eigenvalue weighted by Crippen LogP contribution is 2.21. The number of hydrogen-bond donors (Lipinski definition) is 3. The maximum Gasteiger partial charge on any atom is 0.312 e. The first-order valence-electron chi connectivity index (χ1n) is 8.67. The molecule has 0 radical (unpaired) electrons. The molecular weight excluding hydrogens is 304 g/mol. The van der Waals surface area contributed by atoms with E-state index in [1.54, 1.807) is 0 Å². The number of aryl methyl sites for hydroxylation is 3. The van der Waals surface area contributed by atoms with Gasteiger partial charge in [0.15, 0.2) is 0 Å². The fraction of sp³-hybridized carbons (Fsp3) is 0.500. The van der Waals surface area contributed by atoms with Crippen molar-refractivity contribution in [3.8, 4) is 0 Å². The van der Waals surface area contributed by atoms with Crippen LogP contribution in [-0.4, -0.2) is 32.8 Å². The number of carbonyl (C=O) groups is 1. The number of anilines is 1. The van der Waals surface area contributed by atoms with E-state index in [9.17, 15) is 9.90 Å². The van der Waals surface area contributed by atoms with Gasteiger partial charge in [-0.15, -0.1) is 0 Å². The Morgan fingerprint density at radius 1 is 1.38 bits per heavy atom. The van der Waals surface area contributed by atoms with Crippen LogP contribution < -0.4 is 5.32 Å². The van der Waals surface area contributed by atoms with Crippen LogP contribution in [0.2, 0.25) is 0 Å². The molecule has 1 aliphatic heterocycles. The van der Waals surface area contributed by atoms with Crippen LogP contribution in [0.4, 0.5) is 5.82 Å². The number of pyridine rings is 1. The van der Waals surface area contributed by atoms with E-state index in [4.69, 9.17) is 4.98 Å². The van der Waals surface area contributed by atoms with E-state index in [1.165, 1.54) is 12.0 Å². The highest BCUT2D eigenvalue weighted by molar-refractivity contribution is 5.75. The topological polar surface area (TPSA) is 90.9 Å². The Bertz CT molecular complexity index is 711. The predicted molar refractivity (Wildman–Crippen MR) is 92.3 cm³/mol. The number of hydrogen-bond acceptors (Lipinski definition) is 4.